The maximum absolute atomic E-state index is 14.1. The number of carboxylic acid groups (broad SMARTS) is 2. The van der Waals surface area contributed by atoms with Crippen molar-refractivity contribution < 1.29 is 58.2 Å². The number of rotatable bonds is 39. The molecule has 22 N–H and O–H groups in total. The summed E-state index contributed by atoms with van der Waals surface area (Å²) in [5, 5.41) is 60.0. The molecule has 28 nitrogen and oxygen atoms in total. The van der Waals surface area contributed by atoms with E-state index in [0.29, 0.717) is 38.8 Å². The van der Waals surface area contributed by atoms with Gasteiger partial charge in [0.25, 0.3) is 0 Å². The van der Waals surface area contributed by atoms with Gasteiger partial charge < -0.3 is 86.3 Å². The number of carboxylic acids is 2. The van der Waals surface area contributed by atoms with Crippen LogP contribution in [0, 0.1) is 34.5 Å². The van der Waals surface area contributed by atoms with Crippen molar-refractivity contribution in [2.24, 2.45) is 46.6 Å². The summed E-state index contributed by atoms with van der Waals surface area (Å²) in [5.41, 5.74) is 22.4. The lowest BCUT2D eigenvalue weighted by Crippen LogP contribution is -2.61. The molecular weight excluding hydrogens is 1000 g/mol. The van der Waals surface area contributed by atoms with Crippen molar-refractivity contribution in [3.8, 4) is 0 Å². The maximum Gasteiger partial charge on any atom is 0.326 e. The Morgan fingerprint density at radius 3 is 1.36 bits per heavy atom. The van der Waals surface area contributed by atoms with Gasteiger partial charge >= 0.3 is 11.9 Å². The third-order valence-electron chi connectivity index (χ3n) is 12.3. The van der Waals surface area contributed by atoms with Crippen LogP contribution in [0.2, 0.25) is 0 Å². The topological polar surface area (TPSA) is 483 Å². The van der Waals surface area contributed by atoms with Gasteiger partial charge in [0.05, 0.1) is 6.04 Å². The van der Waals surface area contributed by atoms with Crippen LogP contribution in [0.4, 0.5) is 0 Å². The van der Waals surface area contributed by atoms with Gasteiger partial charge in [0.15, 0.2) is 11.9 Å². The van der Waals surface area contributed by atoms with E-state index in [9.17, 15) is 58.2 Å². The second-order valence-electron chi connectivity index (χ2n) is 20.5. The van der Waals surface area contributed by atoms with E-state index in [-0.39, 0.29) is 74.7 Å². The fourth-order valence-electron chi connectivity index (χ4n) is 7.66. The van der Waals surface area contributed by atoms with Crippen LogP contribution in [0.25, 0.3) is 0 Å². The first-order valence-electron chi connectivity index (χ1n) is 26.4. The monoisotopic (exact) mass is 1100 g/mol. The number of amides is 8. The van der Waals surface area contributed by atoms with Crippen molar-refractivity contribution in [3.63, 3.8) is 0 Å². The quantitative estimate of drug-likeness (QED) is 0.0173. The smallest absolute Gasteiger partial charge is 0.326 e. The zero-order valence-corrected chi connectivity index (χ0v) is 46.4. The Hall–Kier alpha value is -6.84. The summed E-state index contributed by atoms with van der Waals surface area (Å²) in [6.45, 7) is 15.9. The van der Waals surface area contributed by atoms with E-state index in [2.05, 4.69) is 53.2 Å². The molecule has 440 valence electrons. The molecule has 0 rings (SSSR count). The van der Waals surface area contributed by atoms with Crippen LogP contribution in [0.1, 0.15) is 139 Å². The summed E-state index contributed by atoms with van der Waals surface area (Å²) in [4.78, 5) is 134. The molecule has 0 aliphatic rings. The number of carbonyl (C=O) groups excluding carboxylic acids is 8. The van der Waals surface area contributed by atoms with Crippen molar-refractivity contribution >= 4 is 71.1 Å². The van der Waals surface area contributed by atoms with Gasteiger partial charge in [-0.3, -0.25) is 54.0 Å². The van der Waals surface area contributed by atoms with Gasteiger partial charge in [0.1, 0.15) is 48.3 Å². The number of hydrogen-bond donors (Lipinski definition) is 18. The Morgan fingerprint density at radius 1 is 0.481 bits per heavy atom. The Morgan fingerprint density at radius 2 is 0.896 bits per heavy atom. The summed E-state index contributed by atoms with van der Waals surface area (Å²) in [6.07, 6.45) is 1.22. The molecule has 0 aliphatic heterocycles. The highest BCUT2D eigenvalue weighted by Crippen LogP contribution is 2.14. The first-order valence-corrected chi connectivity index (χ1v) is 26.4. The van der Waals surface area contributed by atoms with Crippen molar-refractivity contribution in [2.75, 3.05) is 19.6 Å². The standard InChI is InChI=1S/C49H92N16O12/c1-10-28(8)38(65-40(69)30(51)15-13-21-56-48(52)53)46(75)63-34(23-25(2)3)43(72)58-29(9)39(68)64-37(27(6)7)45(74)60-32(18-19-36(66)67)42(71)59-31(17-14-22-57-49(54)55)41(70)62-35(24-26(4)5)44(73)61-33(47(76)77)16-11-12-20-50/h25-35,37-38H,10-24,50-51H2,1-9H3,(H,58,72)(H,59,71)(H,60,74)(H,61,73)(H,62,70)(H,63,75)(H,64,68)(H,65,69)(H,66,67)(H,76,77)(H4,52,53,56)(H4,54,55,57)/t28-,29-,30-,31-,32-,33-,34-,35-,37-,38-/m0/s1. The average Bonchev–Trinajstić information content (AvgIpc) is 3.33. The van der Waals surface area contributed by atoms with Crippen LogP contribution in [0.15, 0.2) is 0 Å². The number of aliphatic carboxylic acids is 2. The molecule has 0 aromatic heterocycles. The molecule has 0 spiro atoms. The van der Waals surface area contributed by atoms with E-state index >= 15 is 0 Å². The first kappa shape index (κ1) is 70.2. The molecule has 0 saturated heterocycles. The van der Waals surface area contributed by atoms with Crippen LogP contribution in [-0.4, -0.2) is 155 Å². The van der Waals surface area contributed by atoms with Crippen LogP contribution >= 0.6 is 0 Å². The van der Waals surface area contributed by atoms with Crippen LogP contribution in [-0.2, 0) is 47.9 Å². The van der Waals surface area contributed by atoms with E-state index in [1.807, 2.05) is 20.8 Å². The fraction of sp³-hybridized carbons (Fsp3) is 0.755. The second-order valence-corrected chi connectivity index (χ2v) is 20.5. The molecule has 0 saturated carbocycles. The SMILES string of the molecule is CC[C@H](C)[C@H](NC(=O)[C@@H](N)CCCNC(=N)N)C(=O)N[C@@H](CC(C)C)C(=O)N[C@@H](C)C(=O)N[C@H](C(=O)N[C@@H](CCC(=O)O)C(=O)N[C@@H](CCCNC(=N)N)C(=O)N[C@@H](CC(C)C)C(=O)N[C@@H](CCCCN)C(=O)O)C(C)C. The summed E-state index contributed by atoms with van der Waals surface area (Å²) >= 11 is 0. The van der Waals surface area contributed by atoms with Gasteiger partial charge in [0, 0.05) is 19.5 Å². The van der Waals surface area contributed by atoms with Crippen molar-refractivity contribution in [1.82, 2.24) is 53.2 Å². The number of nitrogens with one attached hydrogen (secondary N) is 12. The third-order valence-corrected chi connectivity index (χ3v) is 12.3. The van der Waals surface area contributed by atoms with Gasteiger partial charge in [0.2, 0.25) is 47.3 Å². The normalized spacial score (nSPS) is 15.1. The minimum atomic E-state index is -1.60. The Balaban J connectivity index is 6.49. The predicted molar refractivity (Wildman–Crippen MR) is 288 cm³/mol. The molecule has 0 aromatic carbocycles. The highest BCUT2D eigenvalue weighted by Gasteiger charge is 2.36. The van der Waals surface area contributed by atoms with Crippen molar-refractivity contribution in [1.29, 1.82) is 10.8 Å². The van der Waals surface area contributed by atoms with E-state index in [0.717, 1.165) is 0 Å². The van der Waals surface area contributed by atoms with Crippen LogP contribution in [0.3, 0.4) is 0 Å². The summed E-state index contributed by atoms with van der Waals surface area (Å²) < 4.78 is 0. The minimum absolute atomic E-state index is 0.0666. The largest absolute Gasteiger partial charge is 0.481 e. The molecular formula is C49H92N16O12. The van der Waals surface area contributed by atoms with Crippen molar-refractivity contribution in [2.45, 2.75) is 194 Å². The van der Waals surface area contributed by atoms with Crippen molar-refractivity contribution in [3.05, 3.63) is 0 Å². The number of nitrogens with two attached hydrogens (primary N) is 4. The Kier molecular flexibility index (Phi) is 33.7. The van der Waals surface area contributed by atoms with Gasteiger partial charge in [-0.1, -0.05) is 61.8 Å². The third kappa shape index (κ3) is 29.3. The summed E-state index contributed by atoms with van der Waals surface area (Å²) in [7, 11) is 0. The summed E-state index contributed by atoms with van der Waals surface area (Å²) in [5.74, 6) is -11.0. The molecule has 0 bridgehead atoms. The van der Waals surface area contributed by atoms with Gasteiger partial charge in [-0.2, -0.15) is 0 Å². The molecule has 0 radical (unpaired) electrons. The molecule has 0 fully saturated rings. The molecule has 0 heterocycles. The molecule has 28 heteroatoms. The lowest BCUT2D eigenvalue weighted by Gasteiger charge is -2.29. The van der Waals surface area contributed by atoms with E-state index in [1.54, 1.807) is 34.6 Å². The molecule has 0 aromatic rings. The Bertz CT molecular complexity index is 1970. The van der Waals surface area contributed by atoms with Crippen LogP contribution in [0.5, 0.6) is 0 Å². The highest BCUT2D eigenvalue weighted by atomic mass is 16.4. The summed E-state index contributed by atoms with van der Waals surface area (Å²) in [6, 6.07) is -11.5. The number of carbonyl (C=O) groups is 10. The fourth-order valence-corrected chi connectivity index (χ4v) is 7.66. The van der Waals surface area contributed by atoms with Gasteiger partial charge in [-0.15, -0.1) is 0 Å². The predicted octanol–water partition coefficient (Wildman–Crippen LogP) is -2.39. The zero-order chi connectivity index (χ0) is 59.1. The second kappa shape index (κ2) is 37.0. The maximum atomic E-state index is 14.1. The van der Waals surface area contributed by atoms with Gasteiger partial charge in [-0.25, -0.2) is 4.79 Å². The lowest BCUT2D eigenvalue weighted by atomic mass is 9.96. The van der Waals surface area contributed by atoms with Crippen LogP contribution < -0.4 is 76.1 Å². The van der Waals surface area contributed by atoms with Gasteiger partial charge in [-0.05, 0) is 101 Å². The zero-order valence-electron chi connectivity index (χ0n) is 46.4. The number of hydrogen-bond acceptors (Lipinski definition) is 14. The van der Waals surface area contributed by atoms with E-state index in [4.69, 9.17) is 33.8 Å². The molecule has 0 unspecified atom stereocenters. The molecule has 10 atom stereocenters. The van der Waals surface area contributed by atoms with E-state index < -0.39 is 132 Å². The average molecular weight is 1100 g/mol. The minimum Gasteiger partial charge on any atom is -0.481 e. The highest BCUT2D eigenvalue weighted by molar-refractivity contribution is 5.98. The first-order chi connectivity index (χ1) is 35.9. The Labute approximate surface area is 452 Å². The number of unbranched alkanes of at least 4 members (excludes halogenated alkanes) is 1. The van der Waals surface area contributed by atoms with E-state index in [1.165, 1.54) is 6.92 Å². The molecule has 77 heavy (non-hydrogen) atoms. The molecule has 0 aliphatic carbocycles. The lowest BCUT2D eigenvalue weighted by molar-refractivity contribution is -0.142. The molecule has 8 amide bonds. The number of guanidine groups is 2.